The van der Waals surface area contributed by atoms with Gasteiger partial charge in [-0.05, 0) is 28.3 Å². The summed E-state index contributed by atoms with van der Waals surface area (Å²) in [5.74, 6) is -2.89. The fourth-order valence-corrected chi connectivity index (χ4v) is 6.24. The van der Waals surface area contributed by atoms with Crippen molar-refractivity contribution >= 4 is 23.2 Å². The number of para-hydroxylation sites is 2. The Morgan fingerprint density at radius 1 is 0.875 bits per heavy atom. The van der Waals surface area contributed by atoms with Crippen LogP contribution in [-0.4, -0.2) is 28.5 Å². The fourth-order valence-electron chi connectivity index (χ4n) is 6.24. The number of anilines is 1. The smallest absolute Gasteiger partial charge is 0.293 e. The summed E-state index contributed by atoms with van der Waals surface area (Å²) in [7, 11) is 0. The molecule has 1 aliphatic heterocycles. The number of amides is 2. The number of nitro benzene ring substituents is 1. The van der Waals surface area contributed by atoms with E-state index in [-0.39, 0.29) is 23.9 Å². The third-order valence-electron chi connectivity index (χ3n) is 7.36. The fraction of sp³-hybridized carbons (Fsp3) is 0.200. The van der Waals surface area contributed by atoms with Crippen molar-refractivity contribution in [1.82, 2.24) is 0 Å². The number of hydrogen-bond donors (Lipinski definition) is 1. The van der Waals surface area contributed by atoms with Gasteiger partial charge >= 0.3 is 0 Å². The van der Waals surface area contributed by atoms with Crippen molar-refractivity contribution in [2.24, 2.45) is 11.8 Å². The number of aliphatic hydroxyl groups excluding tert-OH is 1. The molecule has 0 saturated carbocycles. The first kappa shape index (κ1) is 18.9. The van der Waals surface area contributed by atoms with E-state index in [1.807, 2.05) is 48.5 Å². The van der Waals surface area contributed by atoms with Gasteiger partial charge in [0.15, 0.2) is 0 Å². The molecule has 0 aromatic heterocycles. The molecule has 1 N–H and O–H groups in total. The predicted molar refractivity (Wildman–Crippen MR) is 115 cm³/mol. The molecule has 7 heteroatoms. The molecule has 7 nitrogen and oxygen atoms in total. The molecule has 3 aliphatic carbocycles. The molecule has 3 aromatic carbocycles. The zero-order chi connectivity index (χ0) is 22.2. The molecule has 0 radical (unpaired) electrons. The van der Waals surface area contributed by atoms with Gasteiger partial charge in [0.1, 0.15) is 5.69 Å². The normalized spacial score (nSPS) is 27.2. The summed E-state index contributed by atoms with van der Waals surface area (Å²) in [5, 5.41) is 22.5. The Morgan fingerprint density at radius 2 is 1.44 bits per heavy atom. The van der Waals surface area contributed by atoms with E-state index in [2.05, 4.69) is 0 Å². The van der Waals surface area contributed by atoms with Crippen LogP contribution in [0.1, 0.15) is 28.2 Å². The standard InChI is InChI=1S/C25H18N2O5/c28-13-25-16-9-3-1-7-14(16)20(15-8-2-4-10-17(15)25)21-22(25)24(30)26(23(21)29)18-11-5-6-12-19(18)27(31)32/h1-12,20-22,28H,13H2/t20?,21-,22-,25?/m0/s1. The molecule has 7 rings (SSSR count). The van der Waals surface area contributed by atoms with Crippen molar-refractivity contribution in [1.29, 1.82) is 0 Å². The number of imide groups is 1. The minimum absolute atomic E-state index is 0.0255. The number of hydrogen-bond acceptors (Lipinski definition) is 5. The van der Waals surface area contributed by atoms with Crippen LogP contribution in [0.5, 0.6) is 0 Å². The Kier molecular flexibility index (Phi) is 3.74. The van der Waals surface area contributed by atoms with E-state index < -0.39 is 34.0 Å². The van der Waals surface area contributed by atoms with Gasteiger partial charge < -0.3 is 5.11 Å². The summed E-state index contributed by atoms with van der Waals surface area (Å²) in [6, 6.07) is 21.0. The topological polar surface area (TPSA) is 101 Å². The maximum atomic E-state index is 13.9. The van der Waals surface area contributed by atoms with Crippen LogP contribution >= 0.6 is 0 Å². The maximum Gasteiger partial charge on any atom is 0.293 e. The number of rotatable bonds is 3. The molecular formula is C25H18N2O5. The lowest BCUT2D eigenvalue weighted by molar-refractivity contribution is -0.384. The zero-order valence-electron chi connectivity index (χ0n) is 16.8. The molecule has 2 atom stereocenters. The average molecular weight is 426 g/mol. The van der Waals surface area contributed by atoms with Crippen LogP contribution in [0, 0.1) is 22.0 Å². The number of carbonyl (C=O) groups is 2. The minimum atomic E-state index is -1.09. The summed E-state index contributed by atoms with van der Waals surface area (Å²) >= 11 is 0. The number of nitrogens with zero attached hydrogens (tertiary/aromatic N) is 2. The lowest BCUT2D eigenvalue weighted by Gasteiger charge is -2.53. The van der Waals surface area contributed by atoms with Crippen molar-refractivity contribution in [3.05, 3.63) is 105 Å². The average Bonchev–Trinajstić information content (AvgIpc) is 3.09. The molecule has 4 aliphatic rings. The van der Waals surface area contributed by atoms with E-state index in [0.29, 0.717) is 0 Å². The van der Waals surface area contributed by atoms with E-state index in [1.54, 1.807) is 6.07 Å². The van der Waals surface area contributed by atoms with Gasteiger partial charge in [0.05, 0.1) is 28.8 Å². The first-order chi connectivity index (χ1) is 15.5. The molecule has 2 amide bonds. The quantitative estimate of drug-likeness (QED) is 0.394. The Balaban J connectivity index is 1.64. The first-order valence-electron chi connectivity index (χ1n) is 10.4. The number of carbonyl (C=O) groups excluding carboxylic acids is 2. The molecule has 2 bridgehead atoms. The summed E-state index contributed by atoms with van der Waals surface area (Å²) in [6.07, 6.45) is 0. The highest BCUT2D eigenvalue weighted by Gasteiger charge is 2.68. The van der Waals surface area contributed by atoms with Crippen LogP contribution in [0.3, 0.4) is 0 Å². The van der Waals surface area contributed by atoms with Crippen LogP contribution in [0.15, 0.2) is 72.8 Å². The predicted octanol–water partition coefficient (Wildman–Crippen LogP) is 3.14. The second-order valence-corrected chi connectivity index (χ2v) is 8.54. The van der Waals surface area contributed by atoms with Gasteiger partial charge in [-0.15, -0.1) is 0 Å². The van der Waals surface area contributed by atoms with E-state index >= 15 is 0 Å². The Bertz CT molecular complexity index is 1290. The van der Waals surface area contributed by atoms with E-state index in [9.17, 15) is 24.8 Å². The van der Waals surface area contributed by atoms with Gasteiger partial charge in [-0.1, -0.05) is 60.7 Å². The van der Waals surface area contributed by atoms with Gasteiger partial charge in [-0.25, -0.2) is 4.90 Å². The maximum absolute atomic E-state index is 13.9. The van der Waals surface area contributed by atoms with Crippen LogP contribution in [0.2, 0.25) is 0 Å². The van der Waals surface area contributed by atoms with Crippen molar-refractivity contribution in [2.75, 3.05) is 11.5 Å². The lowest BCUT2D eigenvalue weighted by Crippen LogP contribution is -2.55. The van der Waals surface area contributed by atoms with Gasteiger partial charge in [0.25, 0.3) is 5.69 Å². The highest BCUT2D eigenvalue weighted by Crippen LogP contribution is 2.64. The van der Waals surface area contributed by atoms with Crippen LogP contribution in [0.4, 0.5) is 11.4 Å². The van der Waals surface area contributed by atoms with Gasteiger partial charge in [0.2, 0.25) is 11.8 Å². The molecule has 0 unspecified atom stereocenters. The van der Waals surface area contributed by atoms with E-state index in [4.69, 9.17) is 0 Å². The second kappa shape index (κ2) is 6.34. The van der Waals surface area contributed by atoms with E-state index in [1.165, 1.54) is 18.2 Å². The molecule has 158 valence electrons. The molecule has 3 aromatic rings. The van der Waals surface area contributed by atoms with Crippen molar-refractivity contribution in [3.8, 4) is 0 Å². The van der Waals surface area contributed by atoms with Crippen molar-refractivity contribution < 1.29 is 19.6 Å². The van der Waals surface area contributed by atoms with Gasteiger partial charge in [-0.2, -0.15) is 0 Å². The summed E-state index contributed by atoms with van der Waals surface area (Å²) in [6.45, 7) is -0.349. The van der Waals surface area contributed by atoms with Crippen LogP contribution in [0.25, 0.3) is 0 Å². The van der Waals surface area contributed by atoms with Crippen LogP contribution < -0.4 is 4.90 Å². The Labute approximate surface area is 183 Å². The summed E-state index contributed by atoms with van der Waals surface area (Å²) in [4.78, 5) is 39.7. The highest BCUT2D eigenvalue weighted by atomic mass is 16.6. The van der Waals surface area contributed by atoms with Gasteiger partial charge in [0, 0.05) is 12.0 Å². The SMILES string of the molecule is O=C1[C@@H]2[C@@H](C(=O)N1c1ccccc1[N+](=O)[O-])C1c3ccccc3C2(CO)c2ccccc21. The third kappa shape index (κ3) is 2.04. The molecule has 1 saturated heterocycles. The van der Waals surface area contributed by atoms with Crippen molar-refractivity contribution in [3.63, 3.8) is 0 Å². The molecular weight excluding hydrogens is 408 g/mol. The Hall–Kier alpha value is -3.84. The minimum Gasteiger partial charge on any atom is -0.395 e. The Morgan fingerprint density at radius 3 is 2.03 bits per heavy atom. The monoisotopic (exact) mass is 426 g/mol. The first-order valence-corrected chi connectivity index (χ1v) is 10.4. The lowest BCUT2D eigenvalue weighted by atomic mass is 9.47. The van der Waals surface area contributed by atoms with Crippen LogP contribution in [-0.2, 0) is 15.0 Å². The third-order valence-corrected chi connectivity index (χ3v) is 7.36. The zero-order valence-corrected chi connectivity index (χ0v) is 16.8. The van der Waals surface area contributed by atoms with E-state index in [0.717, 1.165) is 27.2 Å². The second-order valence-electron chi connectivity index (χ2n) is 8.54. The molecule has 1 fully saturated rings. The van der Waals surface area contributed by atoms with Crippen molar-refractivity contribution in [2.45, 2.75) is 11.3 Å². The number of aliphatic hydroxyl groups is 1. The molecule has 0 spiro atoms. The molecule has 32 heavy (non-hydrogen) atoms. The largest absolute Gasteiger partial charge is 0.395 e. The highest BCUT2D eigenvalue weighted by molar-refractivity contribution is 6.24. The van der Waals surface area contributed by atoms with Gasteiger partial charge in [-0.3, -0.25) is 19.7 Å². The summed E-state index contributed by atoms with van der Waals surface area (Å²) in [5.41, 5.74) is 2.13. The molecule has 1 heterocycles. The summed E-state index contributed by atoms with van der Waals surface area (Å²) < 4.78 is 0. The number of benzene rings is 3. The number of nitro groups is 1.